The molecule has 0 heterocycles. The van der Waals surface area contributed by atoms with Crippen molar-refractivity contribution in [3.8, 4) is 0 Å². The number of rotatable bonds is 5. The molecule has 0 fully saturated rings. The van der Waals surface area contributed by atoms with E-state index in [2.05, 4.69) is 0 Å². The van der Waals surface area contributed by atoms with Crippen LogP contribution in [0.4, 0.5) is 0 Å². The Kier molecular flexibility index (Phi) is 5.64. The van der Waals surface area contributed by atoms with E-state index in [1.807, 2.05) is 13.8 Å². The van der Waals surface area contributed by atoms with Crippen molar-refractivity contribution in [2.45, 2.75) is 51.7 Å². The molecule has 0 amide bonds. The van der Waals surface area contributed by atoms with Gasteiger partial charge in [-0.05, 0) is 19.3 Å². The smallest absolute Gasteiger partial charge is 0.0564 e. The van der Waals surface area contributed by atoms with Gasteiger partial charge in [0.2, 0.25) is 0 Å². The molecule has 0 aliphatic heterocycles. The quantitative estimate of drug-likeness (QED) is 0.614. The van der Waals surface area contributed by atoms with E-state index in [4.69, 9.17) is 5.11 Å². The number of hydrogen-bond acceptors (Lipinski definition) is 2. The summed E-state index contributed by atoms with van der Waals surface area (Å²) in [6.07, 6.45) is 2.43. The van der Waals surface area contributed by atoms with Crippen LogP contribution in [0.15, 0.2) is 0 Å². The molecule has 10 heavy (non-hydrogen) atoms. The maximum Gasteiger partial charge on any atom is 0.0564 e. The molecule has 2 atom stereocenters. The van der Waals surface area contributed by atoms with Gasteiger partial charge >= 0.3 is 0 Å². The van der Waals surface area contributed by atoms with Gasteiger partial charge in [0.1, 0.15) is 0 Å². The Bertz CT molecular complexity index is 73.7. The molecule has 0 bridgehead atoms. The molecule has 62 valence electrons. The van der Waals surface area contributed by atoms with E-state index in [1.165, 1.54) is 0 Å². The molecule has 2 N–H and O–H groups in total. The number of aliphatic hydroxyl groups is 2. The molecule has 0 unspecified atom stereocenters. The third-order valence-corrected chi connectivity index (χ3v) is 1.64. The third-order valence-electron chi connectivity index (χ3n) is 1.64. The van der Waals surface area contributed by atoms with Crippen LogP contribution in [-0.2, 0) is 0 Å². The first-order valence-corrected chi connectivity index (χ1v) is 4.06. The lowest BCUT2D eigenvalue weighted by atomic mass is 10.1. The first kappa shape index (κ1) is 9.92. The van der Waals surface area contributed by atoms with E-state index in [-0.39, 0.29) is 12.2 Å². The topological polar surface area (TPSA) is 40.5 Å². The summed E-state index contributed by atoms with van der Waals surface area (Å²) in [5.41, 5.74) is 0. The maximum atomic E-state index is 9.19. The van der Waals surface area contributed by atoms with E-state index in [0.29, 0.717) is 6.42 Å². The summed E-state index contributed by atoms with van der Waals surface area (Å²) in [6, 6.07) is 0. The average molecular weight is 146 g/mol. The van der Waals surface area contributed by atoms with E-state index in [1.54, 1.807) is 0 Å². The molecule has 2 heteroatoms. The van der Waals surface area contributed by atoms with Crippen LogP contribution >= 0.6 is 0 Å². The van der Waals surface area contributed by atoms with Crippen LogP contribution in [0.1, 0.15) is 39.5 Å². The van der Waals surface area contributed by atoms with E-state index >= 15 is 0 Å². The highest BCUT2D eigenvalue weighted by atomic mass is 16.3. The molecule has 0 rings (SSSR count). The first-order valence-electron chi connectivity index (χ1n) is 4.06. The van der Waals surface area contributed by atoms with E-state index in [9.17, 15) is 5.11 Å². The van der Waals surface area contributed by atoms with Crippen LogP contribution < -0.4 is 0 Å². The van der Waals surface area contributed by atoms with Crippen molar-refractivity contribution in [3.05, 3.63) is 0 Å². The van der Waals surface area contributed by atoms with Gasteiger partial charge in [-0.2, -0.15) is 0 Å². The summed E-state index contributed by atoms with van der Waals surface area (Å²) in [6.45, 7) is 3.95. The van der Waals surface area contributed by atoms with Crippen LogP contribution in [0, 0.1) is 0 Å². The van der Waals surface area contributed by atoms with Crippen molar-refractivity contribution in [2.75, 3.05) is 0 Å². The highest BCUT2D eigenvalue weighted by molar-refractivity contribution is 4.60. The fourth-order valence-corrected chi connectivity index (χ4v) is 0.932. The molecule has 0 aromatic heterocycles. The minimum atomic E-state index is -0.318. The summed E-state index contributed by atoms with van der Waals surface area (Å²) in [4.78, 5) is 0. The standard InChI is InChI=1S/C8H18O2/c1-3-5-8(10)6-7(9)4-2/h7-10H,3-6H2,1-2H3/t7-,8-/m0/s1. The molecule has 0 spiro atoms. The summed E-state index contributed by atoms with van der Waals surface area (Å²) in [5.74, 6) is 0. The average Bonchev–Trinajstić information content (AvgIpc) is 1.88. The maximum absolute atomic E-state index is 9.19. The minimum absolute atomic E-state index is 0.306. The van der Waals surface area contributed by atoms with Gasteiger partial charge in [0.15, 0.2) is 0 Å². The second-order valence-electron chi connectivity index (χ2n) is 2.74. The van der Waals surface area contributed by atoms with Gasteiger partial charge in [0, 0.05) is 0 Å². The molecule has 0 aliphatic rings. The van der Waals surface area contributed by atoms with Crippen molar-refractivity contribution in [3.63, 3.8) is 0 Å². The number of hydrogen-bond donors (Lipinski definition) is 2. The van der Waals surface area contributed by atoms with Crippen LogP contribution in [0.5, 0.6) is 0 Å². The second-order valence-corrected chi connectivity index (χ2v) is 2.74. The van der Waals surface area contributed by atoms with Crippen molar-refractivity contribution in [2.24, 2.45) is 0 Å². The first-order chi connectivity index (χ1) is 4.70. The van der Waals surface area contributed by atoms with Gasteiger partial charge in [-0.3, -0.25) is 0 Å². The van der Waals surface area contributed by atoms with Gasteiger partial charge in [0.25, 0.3) is 0 Å². The molecular weight excluding hydrogens is 128 g/mol. The Morgan fingerprint density at radius 3 is 2.10 bits per heavy atom. The van der Waals surface area contributed by atoms with Gasteiger partial charge in [-0.1, -0.05) is 20.3 Å². The Morgan fingerprint density at radius 2 is 1.70 bits per heavy atom. The normalized spacial score (nSPS) is 16.8. The molecular formula is C8H18O2. The summed E-state index contributed by atoms with van der Waals surface area (Å²) in [7, 11) is 0. The lowest BCUT2D eigenvalue weighted by Gasteiger charge is -2.12. The fraction of sp³-hybridized carbons (Fsp3) is 1.00. The van der Waals surface area contributed by atoms with Crippen LogP contribution in [-0.4, -0.2) is 22.4 Å². The predicted molar refractivity (Wildman–Crippen MR) is 41.8 cm³/mol. The van der Waals surface area contributed by atoms with Gasteiger partial charge in [0.05, 0.1) is 12.2 Å². The monoisotopic (exact) mass is 146 g/mol. The summed E-state index contributed by atoms with van der Waals surface area (Å²) < 4.78 is 0. The number of aliphatic hydroxyl groups excluding tert-OH is 2. The van der Waals surface area contributed by atoms with Crippen LogP contribution in [0.2, 0.25) is 0 Å². The van der Waals surface area contributed by atoms with E-state index < -0.39 is 0 Å². The molecule has 0 saturated heterocycles. The highest BCUT2D eigenvalue weighted by Crippen LogP contribution is 2.06. The van der Waals surface area contributed by atoms with Crippen molar-refractivity contribution in [1.29, 1.82) is 0 Å². The summed E-state index contributed by atoms with van der Waals surface area (Å²) in [5, 5.41) is 18.3. The lowest BCUT2D eigenvalue weighted by Crippen LogP contribution is -2.16. The van der Waals surface area contributed by atoms with E-state index in [0.717, 1.165) is 19.3 Å². The largest absolute Gasteiger partial charge is 0.393 e. The van der Waals surface area contributed by atoms with Gasteiger partial charge in [-0.25, -0.2) is 0 Å². The third kappa shape index (κ3) is 4.77. The Labute approximate surface area is 62.9 Å². The molecule has 0 saturated carbocycles. The summed E-state index contributed by atoms with van der Waals surface area (Å²) >= 11 is 0. The Morgan fingerprint density at radius 1 is 1.10 bits per heavy atom. The Balaban J connectivity index is 3.27. The molecule has 0 aliphatic carbocycles. The van der Waals surface area contributed by atoms with Crippen molar-refractivity contribution >= 4 is 0 Å². The zero-order chi connectivity index (χ0) is 7.98. The zero-order valence-electron chi connectivity index (χ0n) is 6.88. The Hall–Kier alpha value is -0.0800. The molecule has 0 aromatic carbocycles. The zero-order valence-corrected chi connectivity index (χ0v) is 6.88. The molecule has 2 nitrogen and oxygen atoms in total. The lowest BCUT2D eigenvalue weighted by molar-refractivity contribution is 0.0733. The minimum Gasteiger partial charge on any atom is -0.393 e. The van der Waals surface area contributed by atoms with Gasteiger partial charge in [-0.15, -0.1) is 0 Å². The fourth-order valence-electron chi connectivity index (χ4n) is 0.932. The molecule has 0 aromatic rings. The SMILES string of the molecule is CCC[C@H](O)C[C@@H](O)CC. The predicted octanol–water partition coefficient (Wildman–Crippen LogP) is 1.31. The van der Waals surface area contributed by atoms with Crippen LogP contribution in [0.25, 0.3) is 0 Å². The van der Waals surface area contributed by atoms with Gasteiger partial charge < -0.3 is 10.2 Å². The second kappa shape index (κ2) is 5.69. The molecule has 0 radical (unpaired) electrons. The highest BCUT2D eigenvalue weighted by Gasteiger charge is 2.08. The van der Waals surface area contributed by atoms with Crippen molar-refractivity contribution < 1.29 is 10.2 Å². The van der Waals surface area contributed by atoms with Crippen LogP contribution in [0.3, 0.4) is 0 Å². The van der Waals surface area contributed by atoms with Crippen molar-refractivity contribution in [1.82, 2.24) is 0 Å².